The highest BCUT2D eigenvalue weighted by atomic mass is 14.6. The molecule has 0 bridgehead atoms. The predicted octanol–water partition coefficient (Wildman–Crippen LogP) is 2.23. The zero-order valence-corrected chi connectivity index (χ0v) is 5.33. The monoisotopic (exact) mass is 131 g/mol. The normalized spacial score (nSPS) is 12.8. The Labute approximate surface area is 62.1 Å². The largest absolute Gasteiger partial charge is 0.256 e. The van der Waals surface area contributed by atoms with Crippen LogP contribution in [0.1, 0.15) is 2.74 Å². The fourth-order valence-electron chi connectivity index (χ4n) is 0.904. The van der Waals surface area contributed by atoms with Gasteiger partial charge in [0.1, 0.15) is 0 Å². The average Bonchev–Trinajstić information content (AvgIpc) is 2.12. The van der Waals surface area contributed by atoms with Crippen LogP contribution >= 0.6 is 0 Å². The SMILES string of the molecule is [2H]c1cnc2ccccc2c1[2H]. The molecule has 0 fully saturated rings. The van der Waals surface area contributed by atoms with Crippen molar-refractivity contribution in [3.05, 3.63) is 42.5 Å². The third-order valence-electron chi connectivity index (χ3n) is 1.38. The zero-order chi connectivity index (χ0) is 8.55. The van der Waals surface area contributed by atoms with Gasteiger partial charge in [0.2, 0.25) is 0 Å². The van der Waals surface area contributed by atoms with Crippen LogP contribution < -0.4 is 0 Å². The topological polar surface area (TPSA) is 12.9 Å². The minimum atomic E-state index is 0.175. The molecule has 48 valence electrons. The van der Waals surface area contributed by atoms with E-state index in [2.05, 4.69) is 4.98 Å². The second-order valence-corrected chi connectivity index (χ2v) is 2.04. The molecule has 0 aliphatic rings. The summed E-state index contributed by atoms with van der Waals surface area (Å²) in [5.41, 5.74) is 0.776. The van der Waals surface area contributed by atoms with Crippen molar-refractivity contribution in [3.63, 3.8) is 0 Å². The molecule has 0 spiro atoms. The molecule has 0 unspecified atom stereocenters. The maximum atomic E-state index is 7.56. The number of para-hydroxylation sites is 1. The van der Waals surface area contributed by atoms with Gasteiger partial charge >= 0.3 is 0 Å². The maximum Gasteiger partial charge on any atom is 0.0701 e. The van der Waals surface area contributed by atoms with Gasteiger partial charge < -0.3 is 0 Å². The molecule has 0 radical (unpaired) electrons. The number of pyridine rings is 1. The van der Waals surface area contributed by atoms with Crippen molar-refractivity contribution < 1.29 is 2.74 Å². The smallest absolute Gasteiger partial charge is 0.0701 e. The van der Waals surface area contributed by atoms with Gasteiger partial charge in [-0.25, -0.2) is 0 Å². The fraction of sp³-hybridized carbons (Fsp3) is 0. The van der Waals surface area contributed by atoms with Crippen LogP contribution in [-0.4, -0.2) is 4.98 Å². The first-order valence-electron chi connectivity index (χ1n) is 4.10. The average molecular weight is 131 g/mol. The molecular weight excluding hydrogens is 122 g/mol. The molecule has 0 aliphatic carbocycles. The predicted molar refractivity (Wildman–Crippen MR) is 41.7 cm³/mol. The van der Waals surface area contributed by atoms with E-state index in [1.807, 2.05) is 24.3 Å². The van der Waals surface area contributed by atoms with Gasteiger partial charge in [-0.3, -0.25) is 4.98 Å². The summed E-state index contributed by atoms with van der Waals surface area (Å²) in [7, 11) is 0. The molecule has 0 atom stereocenters. The molecule has 1 heteroatoms. The molecule has 0 amide bonds. The maximum absolute atomic E-state index is 7.56. The molecule has 1 aromatic heterocycles. The second kappa shape index (κ2) is 2.10. The summed E-state index contributed by atoms with van der Waals surface area (Å²) in [4.78, 5) is 4.03. The van der Waals surface area contributed by atoms with Gasteiger partial charge in [-0.1, -0.05) is 24.2 Å². The summed E-state index contributed by atoms with van der Waals surface area (Å²) in [5.74, 6) is 0. The first-order chi connectivity index (χ1) is 5.79. The summed E-state index contributed by atoms with van der Waals surface area (Å²) in [6, 6.07) is 7.80. The molecule has 0 N–H and O–H groups in total. The van der Waals surface area contributed by atoms with Crippen LogP contribution in [-0.2, 0) is 0 Å². The number of fused-ring (bicyclic) bond motifs is 1. The van der Waals surface area contributed by atoms with Crippen LogP contribution in [0.15, 0.2) is 42.5 Å². The molecule has 2 aromatic rings. The van der Waals surface area contributed by atoms with E-state index in [9.17, 15) is 0 Å². The van der Waals surface area contributed by atoms with Gasteiger partial charge in [0.15, 0.2) is 0 Å². The lowest BCUT2D eigenvalue weighted by Crippen LogP contribution is -1.73. The van der Waals surface area contributed by atoms with E-state index in [1.54, 1.807) is 0 Å². The highest BCUT2D eigenvalue weighted by Gasteiger charge is 1.86. The Morgan fingerprint density at radius 3 is 3.20 bits per heavy atom. The van der Waals surface area contributed by atoms with Gasteiger partial charge in [-0.2, -0.15) is 0 Å². The van der Waals surface area contributed by atoms with Crippen molar-refractivity contribution in [2.45, 2.75) is 0 Å². The lowest BCUT2D eigenvalue weighted by Gasteiger charge is -1.91. The summed E-state index contributed by atoms with van der Waals surface area (Å²) in [5, 5.41) is 0.741. The lowest BCUT2D eigenvalue weighted by atomic mass is 10.2. The van der Waals surface area contributed by atoms with Crippen LogP contribution in [0, 0.1) is 0 Å². The van der Waals surface area contributed by atoms with E-state index in [0.29, 0.717) is 0 Å². The molecule has 0 aliphatic heterocycles. The Morgan fingerprint density at radius 1 is 1.30 bits per heavy atom. The molecule has 1 aromatic carbocycles. The molecule has 2 rings (SSSR count). The first-order valence-corrected chi connectivity index (χ1v) is 3.10. The van der Waals surface area contributed by atoms with E-state index in [0.717, 1.165) is 10.9 Å². The Kier molecular flexibility index (Phi) is 0.781. The Bertz CT molecular complexity index is 426. The summed E-state index contributed by atoms with van der Waals surface area (Å²) in [6.07, 6.45) is 1.41. The van der Waals surface area contributed by atoms with Crippen LogP contribution in [0.2, 0.25) is 0 Å². The molecule has 1 heterocycles. The third kappa shape index (κ3) is 0.760. The van der Waals surface area contributed by atoms with Crippen molar-refractivity contribution in [2.24, 2.45) is 0 Å². The number of benzene rings is 1. The van der Waals surface area contributed by atoms with Gasteiger partial charge in [-0.15, -0.1) is 0 Å². The lowest BCUT2D eigenvalue weighted by molar-refractivity contribution is 1.41. The van der Waals surface area contributed by atoms with Crippen LogP contribution in [0.5, 0.6) is 0 Å². The van der Waals surface area contributed by atoms with Gasteiger partial charge in [-0.05, 0) is 12.1 Å². The van der Waals surface area contributed by atoms with E-state index in [4.69, 9.17) is 2.74 Å². The van der Waals surface area contributed by atoms with E-state index in [1.165, 1.54) is 6.20 Å². The molecule has 1 nitrogen and oxygen atoms in total. The summed E-state index contributed by atoms with van der Waals surface area (Å²) in [6.45, 7) is 0. The Balaban J connectivity index is 2.91. The summed E-state index contributed by atoms with van der Waals surface area (Å²) < 4.78 is 14.9. The minimum absolute atomic E-state index is 0.175. The number of nitrogens with zero attached hydrogens (tertiary/aromatic N) is 1. The molecule has 10 heavy (non-hydrogen) atoms. The minimum Gasteiger partial charge on any atom is -0.256 e. The number of hydrogen-bond donors (Lipinski definition) is 0. The van der Waals surface area contributed by atoms with E-state index >= 15 is 0 Å². The van der Waals surface area contributed by atoms with Crippen molar-refractivity contribution in [1.82, 2.24) is 4.98 Å². The zero-order valence-electron chi connectivity index (χ0n) is 7.33. The van der Waals surface area contributed by atoms with Crippen molar-refractivity contribution >= 4 is 10.9 Å². The number of rotatable bonds is 0. The molecular formula is C9H7N. The van der Waals surface area contributed by atoms with Crippen molar-refractivity contribution in [1.29, 1.82) is 0 Å². The second-order valence-electron chi connectivity index (χ2n) is 2.04. The highest BCUT2D eigenvalue weighted by molar-refractivity contribution is 5.77. The van der Waals surface area contributed by atoms with Gasteiger partial charge in [0, 0.05) is 11.6 Å². The fourth-order valence-corrected chi connectivity index (χ4v) is 0.904. The first kappa shape index (κ1) is 3.71. The molecule has 0 saturated heterocycles. The standard InChI is InChI=1S/C9H7N/c1-2-6-9-8(4-1)5-3-7-10-9/h1-7H/i3D,5D. The van der Waals surface area contributed by atoms with Crippen LogP contribution in [0.4, 0.5) is 0 Å². The van der Waals surface area contributed by atoms with Crippen LogP contribution in [0.3, 0.4) is 0 Å². The Hall–Kier alpha value is -1.37. The van der Waals surface area contributed by atoms with Crippen LogP contribution in [0.25, 0.3) is 10.9 Å². The molecule has 0 saturated carbocycles. The highest BCUT2D eigenvalue weighted by Crippen LogP contribution is 2.07. The van der Waals surface area contributed by atoms with Gasteiger partial charge in [0.05, 0.1) is 8.26 Å². The number of hydrogen-bond acceptors (Lipinski definition) is 1. The van der Waals surface area contributed by atoms with Crippen molar-refractivity contribution in [3.8, 4) is 0 Å². The summed E-state index contributed by atoms with van der Waals surface area (Å²) >= 11 is 0. The number of aromatic nitrogens is 1. The third-order valence-corrected chi connectivity index (χ3v) is 1.38. The van der Waals surface area contributed by atoms with E-state index < -0.39 is 0 Å². The Morgan fingerprint density at radius 2 is 2.20 bits per heavy atom. The van der Waals surface area contributed by atoms with Gasteiger partial charge in [0.25, 0.3) is 0 Å². The van der Waals surface area contributed by atoms with Crippen molar-refractivity contribution in [2.75, 3.05) is 0 Å². The van der Waals surface area contributed by atoms with E-state index in [-0.39, 0.29) is 12.1 Å². The quantitative estimate of drug-likeness (QED) is 0.534.